The summed E-state index contributed by atoms with van der Waals surface area (Å²) in [6.07, 6.45) is 5.08. The fourth-order valence-corrected chi connectivity index (χ4v) is 4.27. The summed E-state index contributed by atoms with van der Waals surface area (Å²) in [4.78, 5) is 11.8. The Labute approximate surface area is 110 Å². The van der Waals surface area contributed by atoms with Gasteiger partial charge in [-0.15, -0.1) is 0 Å². The van der Waals surface area contributed by atoms with Crippen molar-refractivity contribution >= 4 is 5.97 Å². The minimum atomic E-state index is -0.163. The molecule has 18 heavy (non-hydrogen) atoms. The van der Waals surface area contributed by atoms with E-state index >= 15 is 0 Å². The van der Waals surface area contributed by atoms with E-state index in [2.05, 4.69) is 6.92 Å². The van der Waals surface area contributed by atoms with Gasteiger partial charge in [-0.3, -0.25) is 4.79 Å². The lowest BCUT2D eigenvalue weighted by molar-refractivity contribution is -0.150. The number of carbonyl (C=O) groups is 1. The molecular weight excluding hydrogens is 228 g/mol. The molecule has 0 aromatic rings. The molecule has 3 heteroatoms. The Morgan fingerprint density at radius 1 is 1.22 bits per heavy atom. The molecule has 0 saturated heterocycles. The molecule has 0 heterocycles. The summed E-state index contributed by atoms with van der Waals surface area (Å²) in [5.74, 6) is 2.22. The zero-order valence-corrected chi connectivity index (χ0v) is 11.8. The van der Waals surface area contributed by atoms with Crippen LogP contribution in [0.5, 0.6) is 0 Å². The van der Waals surface area contributed by atoms with Crippen molar-refractivity contribution < 1.29 is 14.6 Å². The Morgan fingerprint density at radius 3 is 2.61 bits per heavy atom. The minimum Gasteiger partial charge on any atom is -0.469 e. The van der Waals surface area contributed by atoms with E-state index in [0.29, 0.717) is 17.8 Å². The van der Waals surface area contributed by atoms with Gasteiger partial charge >= 0.3 is 5.97 Å². The highest BCUT2D eigenvalue weighted by Crippen LogP contribution is 2.49. The largest absolute Gasteiger partial charge is 0.469 e. The molecule has 104 valence electrons. The second kappa shape index (κ2) is 5.60. The monoisotopic (exact) mass is 254 g/mol. The molecule has 0 unspecified atom stereocenters. The van der Waals surface area contributed by atoms with Crippen molar-refractivity contribution in [3.8, 4) is 0 Å². The van der Waals surface area contributed by atoms with Crippen LogP contribution in [0, 0.1) is 29.6 Å². The average molecular weight is 254 g/mol. The highest BCUT2D eigenvalue weighted by molar-refractivity contribution is 5.72. The molecule has 2 saturated carbocycles. The normalized spacial score (nSPS) is 41.9. The smallest absolute Gasteiger partial charge is 0.308 e. The molecule has 2 fully saturated rings. The summed E-state index contributed by atoms with van der Waals surface area (Å²) >= 11 is 0. The summed E-state index contributed by atoms with van der Waals surface area (Å²) in [6.45, 7) is 4.32. The van der Waals surface area contributed by atoms with Gasteiger partial charge in [0, 0.05) is 0 Å². The number of hydrogen-bond donors (Lipinski definition) is 1. The summed E-state index contributed by atoms with van der Waals surface area (Å²) < 4.78 is 4.90. The maximum atomic E-state index is 11.8. The first-order valence-corrected chi connectivity index (χ1v) is 7.30. The first-order valence-electron chi connectivity index (χ1n) is 7.30. The van der Waals surface area contributed by atoms with Crippen LogP contribution in [0.15, 0.2) is 0 Å². The predicted molar refractivity (Wildman–Crippen MR) is 69.9 cm³/mol. The molecule has 1 N–H and O–H groups in total. The molecule has 0 aliphatic heterocycles. The van der Waals surface area contributed by atoms with Gasteiger partial charge in [0.25, 0.3) is 0 Å². The second-order valence-electron chi connectivity index (χ2n) is 6.32. The van der Waals surface area contributed by atoms with E-state index in [1.165, 1.54) is 13.5 Å². The first-order chi connectivity index (χ1) is 8.54. The number of ether oxygens (including phenoxy) is 1. The molecule has 3 nitrogen and oxygen atoms in total. The zero-order chi connectivity index (χ0) is 13.3. The summed E-state index contributed by atoms with van der Waals surface area (Å²) in [7, 11) is 1.47. The third-order valence-corrected chi connectivity index (χ3v) is 5.38. The number of methoxy groups -OCH3 is 1. The van der Waals surface area contributed by atoms with Crippen molar-refractivity contribution in [3.05, 3.63) is 0 Å². The van der Waals surface area contributed by atoms with Crippen molar-refractivity contribution in [1.82, 2.24) is 0 Å². The number of aliphatic hydroxyl groups is 1. The quantitative estimate of drug-likeness (QED) is 0.771. The van der Waals surface area contributed by atoms with Gasteiger partial charge in [0.05, 0.1) is 19.1 Å². The van der Waals surface area contributed by atoms with E-state index in [-0.39, 0.29) is 18.0 Å². The number of carbonyl (C=O) groups excluding carboxylic acids is 1. The van der Waals surface area contributed by atoms with E-state index in [1.54, 1.807) is 0 Å². The van der Waals surface area contributed by atoms with Gasteiger partial charge in [0.1, 0.15) is 0 Å². The van der Waals surface area contributed by atoms with Gasteiger partial charge in [-0.25, -0.2) is 0 Å². The molecule has 0 spiro atoms. The second-order valence-corrected chi connectivity index (χ2v) is 6.32. The number of aliphatic hydroxyl groups excluding tert-OH is 1. The van der Waals surface area contributed by atoms with E-state index < -0.39 is 0 Å². The highest BCUT2D eigenvalue weighted by atomic mass is 16.5. The van der Waals surface area contributed by atoms with Crippen molar-refractivity contribution in [2.75, 3.05) is 7.11 Å². The Balaban J connectivity index is 2.12. The van der Waals surface area contributed by atoms with Crippen LogP contribution in [-0.4, -0.2) is 24.3 Å². The molecule has 0 aromatic carbocycles. The third kappa shape index (κ3) is 2.56. The Bertz CT molecular complexity index is 302. The number of rotatable bonds is 2. The Morgan fingerprint density at radius 2 is 1.94 bits per heavy atom. The lowest BCUT2D eigenvalue weighted by Gasteiger charge is -2.47. The Hall–Kier alpha value is -0.570. The first kappa shape index (κ1) is 13.9. The van der Waals surface area contributed by atoms with Crippen molar-refractivity contribution in [2.24, 2.45) is 29.6 Å². The van der Waals surface area contributed by atoms with E-state index in [9.17, 15) is 9.90 Å². The minimum absolute atomic E-state index is 0.0275. The van der Waals surface area contributed by atoms with E-state index in [1.807, 2.05) is 6.92 Å². The van der Waals surface area contributed by atoms with Crippen LogP contribution in [0.3, 0.4) is 0 Å². The van der Waals surface area contributed by atoms with Crippen LogP contribution in [0.25, 0.3) is 0 Å². The zero-order valence-electron chi connectivity index (χ0n) is 11.8. The molecular formula is C15H26O3. The van der Waals surface area contributed by atoms with Gasteiger partial charge in [-0.05, 0) is 49.4 Å². The summed E-state index contributed by atoms with van der Waals surface area (Å²) in [5, 5.41) is 9.91. The third-order valence-electron chi connectivity index (χ3n) is 5.38. The lowest BCUT2D eigenvalue weighted by atomic mass is 9.58. The average Bonchev–Trinajstić information content (AvgIpc) is 2.37. The van der Waals surface area contributed by atoms with Gasteiger partial charge in [0.2, 0.25) is 0 Å². The van der Waals surface area contributed by atoms with Crippen LogP contribution in [0.1, 0.15) is 46.0 Å². The molecule has 0 amide bonds. The van der Waals surface area contributed by atoms with Crippen LogP contribution >= 0.6 is 0 Å². The number of fused-ring (bicyclic) bond motifs is 1. The fourth-order valence-electron chi connectivity index (χ4n) is 4.27. The summed E-state index contributed by atoms with van der Waals surface area (Å²) in [5.41, 5.74) is 0. The predicted octanol–water partition coefficient (Wildman–Crippen LogP) is 2.62. The van der Waals surface area contributed by atoms with Crippen molar-refractivity contribution in [1.29, 1.82) is 0 Å². The highest BCUT2D eigenvalue weighted by Gasteiger charge is 2.44. The van der Waals surface area contributed by atoms with Crippen molar-refractivity contribution in [2.45, 2.75) is 52.1 Å². The molecule has 2 aliphatic rings. The van der Waals surface area contributed by atoms with Crippen LogP contribution < -0.4 is 0 Å². The van der Waals surface area contributed by atoms with Gasteiger partial charge < -0.3 is 9.84 Å². The maximum Gasteiger partial charge on any atom is 0.308 e. The summed E-state index contributed by atoms with van der Waals surface area (Å²) in [6, 6.07) is 0. The van der Waals surface area contributed by atoms with Gasteiger partial charge in [0.15, 0.2) is 0 Å². The van der Waals surface area contributed by atoms with Gasteiger partial charge in [-0.2, -0.15) is 0 Å². The molecule has 6 atom stereocenters. The van der Waals surface area contributed by atoms with Crippen LogP contribution in [0.2, 0.25) is 0 Å². The van der Waals surface area contributed by atoms with Crippen molar-refractivity contribution in [3.63, 3.8) is 0 Å². The lowest BCUT2D eigenvalue weighted by Crippen LogP contribution is -2.43. The molecule has 0 radical (unpaired) electrons. The van der Waals surface area contributed by atoms with E-state index in [4.69, 9.17) is 4.74 Å². The Kier molecular flexibility index (Phi) is 4.31. The number of hydrogen-bond acceptors (Lipinski definition) is 3. The topological polar surface area (TPSA) is 46.5 Å². The molecule has 0 aromatic heterocycles. The maximum absolute atomic E-state index is 11.8. The van der Waals surface area contributed by atoms with E-state index in [0.717, 1.165) is 31.6 Å². The molecule has 2 rings (SSSR count). The molecule has 2 aliphatic carbocycles. The standard InChI is InChI=1S/C15H26O3/c1-9-4-6-13(10(2)15(17)18-3)14-8-11(16)5-7-12(9)14/h9-14,16H,4-8H2,1-3H3/t9-,10-,11+,12+,13+,14+/m1/s1. The SMILES string of the molecule is COC(=O)[C@H](C)[C@@H]1CC[C@@H](C)[C@@H]2CC[C@H](O)C[C@@H]21. The fraction of sp³-hybridized carbons (Fsp3) is 0.933. The number of esters is 1. The van der Waals surface area contributed by atoms with Gasteiger partial charge in [-0.1, -0.05) is 20.3 Å². The molecule has 0 bridgehead atoms. The van der Waals surface area contributed by atoms with Crippen LogP contribution in [0.4, 0.5) is 0 Å². The van der Waals surface area contributed by atoms with Crippen LogP contribution in [-0.2, 0) is 9.53 Å².